The van der Waals surface area contributed by atoms with Gasteiger partial charge in [0.25, 0.3) is 0 Å². The molecule has 78 valence electrons. The molecule has 0 aliphatic carbocycles. The predicted molar refractivity (Wildman–Crippen MR) is 45.9 cm³/mol. The van der Waals surface area contributed by atoms with E-state index < -0.39 is 11.8 Å². The van der Waals surface area contributed by atoms with E-state index in [0.29, 0.717) is 12.3 Å². The summed E-state index contributed by atoms with van der Waals surface area (Å²) in [5, 5.41) is 9.23. The normalized spacial score (nSPS) is 31.2. The largest absolute Gasteiger partial charge is 0.418 e. The third-order valence-electron chi connectivity index (χ3n) is 2.27. The lowest BCUT2D eigenvalue weighted by Gasteiger charge is -2.25. The van der Waals surface area contributed by atoms with Gasteiger partial charge in [0.1, 0.15) is 0 Å². The molecule has 0 aromatic rings. The van der Waals surface area contributed by atoms with Crippen molar-refractivity contribution in [2.75, 3.05) is 25.4 Å². The van der Waals surface area contributed by atoms with E-state index in [2.05, 4.69) is 12.6 Å². The summed E-state index contributed by atoms with van der Waals surface area (Å²) >= 11 is 3.92. The van der Waals surface area contributed by atoms with Gasteiger partial charge in [0.05, 0.1) is 0 Å². The van der Waals surface area contributed by atoms with E-state index in [1.165, 1.54) is 0 Å². The molecular weight excluding hydrogens is 203 g/mol. The highest BCUT2D eigenvalue weighted by Crippen LogP contribution is 2.37. The van der Waals surface area contributed by atoms with Crippen molar-refractivity contribution in [3.8, 4) is 0 Å². The lowest BCUT2D eigenvalue weighted by Crippen LogP contribution is -2.47. The second-order valence-electron chi connectivity index (χ2n) is 3.28. The van der Waals surface area contributed by atoms with Crippen LogP contribution in [0.2, 0.25) is 0 Å². The first-order valence-corrected chi connectivity index (χ1v) is 4.65. The maximum absolute atomic E-state index is 12.3. The molecule has 1 rings (SSSR count). The SMILES string of the molecule is OC1(C(F)(F)F)CCN(CCS)C1. The quantitative estimate of drug-likeness (QED) is 0.669. The van der Waals surface area contributed by atoms with Crippen molar-refractivity contribution in [2.45, 2.75) is 18.2 Å². The second kappa shape index (κ2) is 3.67. The zero-order chi connectivity index (χ0) is 10.1. The summed E-state index contributed by atoms with van der Waals surface area (Å²) in [5.74, 6) is 0.508. The van der Waals surface area contributed by atoms with Crippen molar-refractivity contribution < 1.29 is 18.3 Å². The Hall–Kier alpha value is 0.0600. The predicted octanol–water partition coefficient (Wildman–Crippen LogP) is 0.915. The fourth-order valence-corrected chi connectivity index (χ4v) is 1.72. The minimum absolute atomic E-state index is 0.232. The molecule has 1 unspecified atom stereocenters. The van der Waals surface area contributed by atoms with Gasteiger partial charge in [-0.15, -0.1) is 0 Å². The van der Waals surface area contributed by atoms with Crippen molar-refractivity contribution in [1.29, 1.82) is 0 Å². The minimum atomic E-state index is -4.52. The summed E-state index contributed by atoms with van der Waals surface area (Å²) in [6, 6.07) is 0. The molecule has 0 aromatic heterocycles. The van der Waals surface area contributed by atoms with Crippen LogP contribution in [0.4, 0.5) is 13.2 Å². The van der Waals surface area contributed by atoms with Crippen LogP contribution in [0.5, 0.6) is 0 Å². The number of β-amino-alcohol motifs (C(OH)–C–C–N with tert-alkyl or cyclic N) is 1. The topological polar surface area (TPSA) is 23.5 Å². The lowest BCUT2D eigenvalue weighted by atomic mass is 10.0. The molecular formula is C7H12F3NOS. The Balaban J connectivity index is 2.56. The van der Waals surface area contributed by atoms with Gasteiger partial charge in [-0.3, -0.25) is 4.90 Å². The van der Waals surface area contributed by atoms with Gasteiger partial charge in [-0.2, -0.15) is 25.8 Å². The number of halogens is 3. The third-order valence-corrected chi connectivity index (χ3v) is 2.47. The van der Waals surface area contributed by atoms with Crippen LogP contribution in [-0.2, 0) is 0 Å². The van der Waals surface area contributed by atoms with Gasteiger partial charge >= 0.3 is 6.18 Å². The van der Waals surface area contributed by atoms with Gasteiger partial charge in [0.2, 0.25) is 0 Å². The molecule has 1 aliphatic heterocycles. The highest BCUT2D eigenvalue weighted by molar-refractivity contribution is 7.80. The van der Waals surface area contributed by atoms with E-state index in [0.717, 1.165) is 0 Å². The second-order valence-corrected chi connectivity index (χ2v) is 3.73. The van der Waals surface area contributed by atoms with E-state index >= 15 is 0 Å². The van der Waals surface area contributed by atoms with Crippen LogP contribution in [0.3, 0.4) is 0 Å². The van der Waals surface area contributed by atoms with Gasteiger partial charge in [0, 0.05) is 25.4 Å². The molecule has 1 saturated heterocycles. The van der Waals surface area contributed by atoms with Crippen LogP contribution in [0.1, 0.15) is 6.42 Å². The minimum Gasteiger partial charge on any atom is -0.379 e. The molecule has 0 saturated carbocycles. The monoisotopic (exact) mass is 215 g/mol. The first-order chi connectivity index (χ1) is 5.89. The van der Waals surface area contributed by atoms with Gasteiger partial charge in [-0.1, -0.05) is 0 Å². The highest BCUT2D eigenvalue weighted by Gasteiger charge is 2.56. The number of likely N-dealkylation sites (tertiary alicyclic amines) is 1. The fourth-order valence-electron chi connectivity index (χ4n) is 1.43. The summed E-state index contributed by atoms with van der Waals surface area (Å²) < 4.78 is 36.8. The van der Waals surface area contributed by atoms with Crippen LogP contribution in [0.15, 0.2) is 0 Å². The molecule has 0 amide bonds. The molecule has 2 nitrogen and oxygen atoms in total. The fraction of sp³-hybridized carbons (Fsp3) is 1.00. The number of aliphatic hydroxyl groups is 1. The average Bonchev–Trinajstić information content (AvgIpc) is 2.32. The molecule has 1 fully saturated rings. The number of rotatable bonds is 2. The van der Waals surface area contributed by atoms with E-state index in [1.807, 2.05) is 0 Å². The Labute approximate surface area is 80.1 Å². The third kappa shape index (κ3) is 2.30. The standard InChI is InChI=1S/C7H12F3NOS/c8-7(9,10)6(12)1-2-11(5-6)3-4-13/h12-13H,1-5H2. The molecule has 0 aromatic carbocycles. The molecule has 1 heterocycles. The van der Waals surface area contributed by atoms with Crippen molar-refractivity contribution in [3.63, 3.8) is 0 Å². The zero-order valence-electron chi connectivity index (χ0n) is 7.01. The molecule has 0 radical (unpaired) electrons. The van der Waals surface area contributed by atoms with Crippen LogP contribution in [0, 0.1) is 0 Å². The van der Waals surface area contributed by atoms with Crippen LogP contribution in [-0.4, -0.2) is 47.2 Å². The number of nitrogens with zero attached hydrogens (tertiary/aromatic N) is 1. The Morgan fingerprint density at radius 3 is 2.46 bits per heavy atom. The van der Waals surface area contributed by atoms with Crippen molar-refractivity contribution in [3.05, 3.63) is 0 Å². The smallest absolute Gasteiger partial charge is 0.379 e. The molecule has 1 atom stereocenters. The number of alkyl halides is 3. The van der Waals surface area contributed by atoms with Crippen molar-refractivity contribution >= 4 is 12.6 Å². The Morgan fingerprint density at radius 2 is 2.08 bits per heavy atom. The van der Waals surface area contributed by atoms with Crippen LogP contribution >= 0.6 is 12.6 Å². The summed E-state index contributed by atoms with van der Waals surface area (Å²) in [5.41, 5.74) is -2.50. The summed E-state index contributed by atoms with van der Waals surface area (Å²) in [6.07, 6.45) is -4.75. The molecule has 0 spiro atoms. The first-order valence-electron chi connectivity index (χ1n) is 4.01. The average molecular weight is 215 g/mol. The number of hydrogen-bond acceptors (Lipinski definition) is 3. The maximum Gasteiger partial charge on any atom is 0.418 e. The van der Waals surface area contributed by atoms with Gasteiger partial charge in [0.15, 0.2) is 5.60 Å². The molecule has 1 aliphatic rings. The van der Waals surface area contributed by atoms with E-state index in [9.17, 15) is 18.3 Å². The molecule has 13 heavy (non-hydrogen) atoms. The van der Waals surface area contributed by atoms with Crippen LogP contribution in [0.25, 0.3) is 0 Å². The van der Waals surface area contributed by atoms with Crippen LogP contribution < -0.4 is 0 Å². The van der Waals surface area contributed by atoms with E-state index in [1.54, 1.807) is 4.90 Å². The summed E-state index contributed by atoms with van der Waals surface area (Å²) in [4.78, 5) is 1.57. The van der Waals surface area contributed by atoms with Gasteiger partial charge in [-0.05, 0) is 6.42 Å². The van der Waals surface area contributed by atoms with E-state index in [4.69, 9.17) is 0 Å². The summed E-state index contributed by atoms with van der Waals surface area (Å²) in [6.45, 7) is 0.454. The molecule has 0 bridgehead atoms. The van der Waals surface area contributed by atoms with Gasteiger partial charge < -0.3 is 5.11 Å². The summed E-state index contributed by atoms with van der Waals surface area (Å²) in [7, 11) is 0. The Morgan fingerprint density at radius 1 is 1.46 bits per heavy atom. The Bertz CT molecular complexity index is 187. The number of hydrogen-bond donors (Lipinski definition) is 2. The van der Waals surface area contributed by atoms with Gasteiger partial charge in [-0.25, -0.2) is 0 Å². The van der Waals surface area contributed by atoms with Crippen molar-refractivity contribution in [1.82, 2.24) is 4.90 Å². The van der Waals surface area contributed by atoms with Crippen molar-refractivity contribution in [2.24, 2.45) is 0 Å². The first kappa shape index (κ1) is 11.1. The van der Waals surface area contributed by atoms with E-state index in [-0.39, 0.29) is 19.5 Å². The molecule has 6 heteroatoms. The lowest BCUT2D eigenvalue weighted by molar-refractivity contribution is -0.253. The zero-order valence-corrected chi connectivity index (χ0v) is 7.91. The Kier molecular flexibility index (Phi) is 3.14. The highest BCUT2D eigenvalue weighted by atomic mass is 32.1. The maximum atomic E-state index is 12.3. The number of thiol groups is 1. The molecule has 1 N–H and O–H groups in total.